The molecule has 3 atom stereocenters. The SMILES string of the molecule is CO[C@@H](C)[C@@H]1CCC[C@@H]1N(C)C. The highest BCUT2D eigenvalue weighted by molar-refractivity contribution is 4.86. The van der Waals surface area contributed by atoms with Crippen LogP contribution < -0.4 is 0 Å². The Morgan fingerprint density at radius 2 is 2.00 bits per heavy atom. The van der Waals surface area contributed by atoms with Crippen LogP contribution in [-0.4, -0.2) is 38.3 Å². The molecule has 2 heteroatoms. The number of nitrogens with zero attached hydrogens (tertiary/aromatic N) is 1. The van der Waals surface area contributed by atoms with Gasteiger partial charge in [0.05, 0.1) is 6.10 Å². The van der Waals surface area contributed by atoms with Crippen molar-refractivity contribution in [2.24, 2.45) is 5.92 Å². The fraction of sp³-hybridized carbons (Fsp3) is 1.00. The number of rotatable bonds is 3. The van der Waals surface area contributed by atoms with Crippen molar-refractivity contribution in [1.82, 2.24) is 4.90 Å². The Morgan fingerprint density at radius 3 is 2.50 bits per heavy atom. The number of hydrogen-bond donors (Lipinski definition) is 0. The van der Waals surface area contributed by atoms with E-state index in [1.165, 1.54) is 19.3 Å². The molecule has 1 aliphatic rings. The van der Waals surface area contributed by atoms with Crippen molar-refractivity contribution in [3.8, 4) is 0 Å². The van der Waals surface area contributed by atoms with Crippen molar-refractivity contribution >= 4 is 0 Å². The number of hydrogen-bond acceptors (Lipinski definition) is 2. The molecule has 1 aliphatic carbocycles. The minimum atomic E-state index is 0.417. The van der Waals surface area contributed by atoms with Crippen molar-refractivity contribution < 1.29 is 4.74 Å². The maximum absolute atomic E-state index is 5.39. The first-order valence-corrected chi connectivity index (χ1v) is 4.86. The Hall–Kier alpha value is -0.0800. The van der Waals surface area contributed by atoms with Crippen molar-refractivity contribution in [2.45, 2.75) is 38.3 Å². The molecule has 0 radical (unpaired) electrons. The first kappa shape index (κ1) is 10.0. The second-order valence-corrected chi connectivity index (χ2v) is 4.07. The molecule has 0 amide bonds. The van der Waals surface area contributed by atoms with Gasteiger partial charge in [0.25, 0.3) is 0 Å². The van der Waals surface area contributed by atoms with Gasteiger partial charge < -0.3 is 9.64 Å². The van der Waals surface area contributed by atoms with Crippen LogP contribution in [0.3, 0.4) is 0 Å². The maximum atomic E-state index is 5.39. The third kappa shape index (κ3) is 1.99. The summed E-state index contributed by atoms with van der Waals surface area (Å²) in [5.41, 5.74) is 0. The zero-order valence-corrected chi connectivity index (χ0v) is 8.71. The third-order valence-electron chi connectivity index (χ3n) is 3.17. The minimum Gasteiger partial charge on any atom is -0.381 e. The van der Waals surface area contributed by atoms with Crippen molar-refractivity contribution in [1.29, 1.82) is 0 Å². The monoisotopic (exact) mass is 171 g/mol. The lowest BCUT2D eigenvalue weighted by Gasteiger charge is -2.29. The molecule has 0 saturated heterocycles. The van der Waals surface area contributed by atoms with Crippen LogP contribution >= 0.6 is 0 Å². The van der Waals surface area contributed by atoms with Gasteiger partial charge in [-0.2, -0.15) is 0 Å². The molecule has 0 unspecified atom stereocenters. The predicted molar refractivity (Wildman–Crippen MR) is 51.3 cm³/mol. The van der Waals surface area contributed by atoms with E-state index >= 15 is 0 Å². The van der Waals surface area contributed by atoms with E-state index in [2.05, 4.69) is 25.9 Å². The molecule has 1 saturated carbocycles. The summed E-state index contributed by atoms with van der Waals surface area (Å²) in [7, 11) is 6.16. The Bertz CT molecular complexity index is 136. The van der Waals surface area contributed by atoms with E-state index in [0.29, 0.717) is 6.10 Å². The molecule has 0 N–H and O–H groups in total. The summed E-state index contributed by atoms with van der Waals surface area (Å²) in [6.45, 7) is 2.19. The fourth-order valence-corrected chi connectivity index (χ4v) is 2.33. The first-order chi connectivity index (χ1) is 5.66. The second-order valence-electron chi connectivity index (χ2n) is 4.07. The highest BCUT2D eigenvalue weighted by Crippen LogP contribution is 2.32. The lowest BCUT2D eigenvalue weighted by Crippen LogP contribution is -2.37. The van der Waals surface area contributed by atoms with Gasteiger partial charge in [0.1, 0.15) is 0 Å². The average molecular weight is 171 g/mol. The number of methoxy groups -OCH3 is 1. The maximum Gasteiger partial charge on any atom is 0.0586 e. The van der Waals surface area contributed by atoms with E-state index in [4.69, 9.17) is 4.74 Å². The van der Waals surface area contributed by atoms with E-state index < -0.39 is 0 Å². The van der Waals surface area contributed by atoms with Crippen LogP contribution in [0.5, 0.6) is 0 Å². The normalized spacial score (nSPS) is 32.8. The summed E-state index contributed by atoms with van der Waals surface area (Å²) in [6, 6.07) is 0.736. The van der Waals surface area contributed by atoms with E-state index in [1.807, 2.05) is 7.11 Å². The standard InChI is InChI=1S/C10H21NO/c1-8(12-4)9-6-5-7-10(9)11(2)3/h8-10H,5-7H2,1-4H3/t8-,9-,10-/m0/s1. The molecular weight excluding hydrogens is 150 g/mol. The summed E-state index contributed by atoms with van der Waals surface area (Å²) in [5.74, 6) is 0.741. The molecule has 0 aromatic carbocycles. The third-order valence-corrected chi connectivity index (χ3v) is 3.17. The van der Waals surface area contributed by atoms with Gasteiger partial charge in [0.2, 0.25) is 0 Å². The van der Waals surface area contributed by atoms with Crippen molar-refractivity contribution in [2.75, 3.05) is 21.2 Å². The molecule has 1 rings (SSSR count). The molecule has 72 valence electrons. The molecule has 1 fully saturated rings. The van der Waals surface area contributed by atoms with Crippen LogP contribution in [0.15, 0.2) is 0 Å². The molecule has 0 bridgehead atoms. The van der Waals surface area contributed by atoms with Gasteiger partial charge in [-0.15, -0.1) is 0 Å². The number of ether oxygens (including phenoxy) is 1. The van der Waals surface area contributed by atoms with Crippen molar-refractivity contribution in [3.05, 3.63) is 0 Å². The highest BCUT2D eigenvalue weighted by atomic mass is 16.5. The smallest absolute Gasteiger partial charge is 0.0586 e. The van der Waals surface area contributed by atoms with Gasteiger partial charge in [0.15, 0.2) is 0 Å². The summed E-state index contributed by atoms with van der Waals surface area (Å²) >= 11 is 0. The molecular formula is C10H21NO. The Morgan fingerprint density at radius 1 is 1.33 bits per heavy atom. The van der Waals surface area contributed by atoms with E-state index in [9.17, 15) is 0 Å². The van der Waals surface area contributed by atoms with Gasteiger partial charge in [-0.1, -0.05) is 6.42 Å². The Balaban J connectivity index is 2.51. The molecule has 0 spiro atoms. The topological polar surface area (TPSA) is 12.5 Å². The first-order valence-electron chi connectivity index (χ1n) is 4.86. The summed E-state index contributed by atoms with van der Waals surface area (Å²) in [6.07, 6.45) is 4.45. The van der Waals surface area contributed by atoms with Crippen LogP contribution in [0.4, 0.5) is 0 Å². The van der Waals surface area contributed by atoms with Crippen LogP contribution in [0.25, 0.3) is 0 Å². The predicted octanol–water partition coefficient (Wildman–Crippen LogP) is 1.75. The fourth-order valence-electron chi connectivity index (χ4n) is 2.33. The van der Waals surface area contributed by atoms with Gasteiger partial charge in [-0.05, 0) is 33.9 Å². The average Bonchev–Trinajstić information content (AvgIpc) is 2.50. The Labute approximate surface area is 75.9 Å². The zero-order valence-electron chi connectivity index (χ0n) is 8.71. The van der Waals surface area contributed by atoms with Gasteiger partial charge in [0, 0.05) is 19.1 Å². The van der Waals surface area contributed by atoms with Gasteiger partial charge in [-0.3, -0.25) is 0 Å². The van der Waals surface area contributed by atoms with E-state index in [0.717, 1.165) is 12.0 Å². The minimum absolute atomic E-state index is 0.417. The van der Waals surface area contributed by atoms with Crippen LogP contribution in [-0.2, 0) is 4.74 Å². The quantitative estimate of drug-likeness (QED) is 0.641. The van der Waals surface area contributed by atoms with E-state index in [-0.39, 0.29) is 0 Å². The molecule has 2 nitrogen and oxygen atoms in total. The van der Waals surface area contributed by atoms with Crippen LogP contribution in [0.1, 0.15) is 26.2 Å². The lowest BCUT2D eigenvalue weighted by atomic mass is 9.97. The molecule has 12 heavy (non-hydrogen) atoms. The van der Waals surface area contributed by atoms with Crippen LogP contribution in [0.2, 0.25) is 0 Å². The lowest BCUT2D eigenvalue weighted by molar-refractivity contribution is 0.0404. The highest BCUT2D eigenvalue weighted by Gasteiger charge is 2.32. The summed E-state index contributed by atoms with van der Waals surface area (Å²) in [4.78, 5) is 2.34. The van der Waals surface area contributed by atoms with Gasteiger partial charge >= 0.3 is 0 Å². The summed E-state index contributed by atoms with van der Waals surface area (Å²) in [5, 5.41) is 0. The largest absolute Gasteiger partial charge is 0.381 e. The molecule has 0 aromatic heterocycles. The summed E-state index contributed by atoms with van der Waals surface area (Å²) < 4.78 is 5.39. The Kier molecular flexibility index (Phi) is 3.53. The zero-order chi connectivity index (χ0) is 9.14. The van der Waals surface area contributed by atoms with Gasteiger partial charge in [-0.25, -0.2) is 0 Å². The second kappa shape index (κ2) is 4.24. The molecule has 0 aromatic rings. The molecule has 0 heterocycles. The van der Waals surface area contributed by atoms with Crippen molar-refractivity contribution in [3.63, 3.8) is 0 Å². The van der Waals surface area contributed by atoms with Crippen LogP contribution in [0, 0.1) is 5.92 Å². The van der Waals surface area contributed by atoms with E-state index in [1.54, 1.807) is 0 Å². The molecule has 0 aliphatic heterocycles.